The van der Waals surface area contributed by atoms with Crippen LogP contribution in [0.25, 0.3) is 0 Å². The Morgan fingerprint density at radius 1 is 1.35 bits per heavy atom. The van der Waals surface area contributed by atoms with Crippen LogP contribution in [0.4, 0.5) is 0 Å². The zero-order valence-electron chi connectivity index (χ0n) is 14.1. The lowest BCUT2D eigenvalue weighted by Gasteiger charge is -2.14. The summed E-state index contributed by atoms with van der Waals surface area (Å²) in [6, 6.07) is 9.84. The van der Waals surface area contributed by atoms with Gasteiger partial charge in [0, 0.05) is 18.0 Å². The van der Waals surface area contributed by atoms with E-state index in [4.69, 9.17) is 16.7 Å². The molecule has 7 nitrogen and oxygen atoms in total. The third-order valence-corrected chi connectivity index (χ3v) is 5.62. The molecule has 2 aromatic rings. The number of aliphatic hydroxyl groups excluding tert-OH is 1. The van der Waals surface area contributed by atoms with E-state index in [9.17, 15) is 13.5 Å². The second kappa shape index (κ2) is 9.33. The molecule has 0 aliphatic heterocycles. The van der Waals surface area contributed by atoms with Crippen molar-refractivity contribution in [2.24, 2.45) is 10.1 Å². The van der Waals surface area contributed by atoms with Crippen molar-refractivity contribution in [3.8, 4) is 0 Å². The molecule has 5 N–H and O–H groups in total. The van der Waals surface area contributed by atoms with Crippen LogP contribution < -0.4 is 15.8 Å². The lowest BCUT2D eigenvalue weighted by molar-refractivity contribution is 0.184. The van der Waals surface area contributed by atoms with Gasteiger partial charge in [-0.2, -0.15) is 0 Å². The fourth-order valence-electron chi connectivity index (χ4n) is 2.13. The first kappa shape index (κ1) is 20.7. The molecular weight excluding hydrogens is 396 g/mol. The highest BCUT2D eigenvalue weighted by atomic mass is 35.5. The maximum atomic E-state index is 11.4. The van der Waals surface area contributed by atoms with E-state index in [-0.39, 0.29) is 18.0 Å². The van der Waals surface area contributed by atoms with Gasteiger partial charge in [0.15, 0.2) is 5.96 Å². The van der Waals surface area contributed by atoms with Gasteiger partial charge in [0.05, 0.1) is 15.8 Å². The summed E-state index contributed by atoms with van der Waals surface area (Å²) in [5, 5.41) is 21.5. The number of hydrogen-bond acceptors (Lipinski definition) is 5. The summed E-state index contributed by atoms with van der Waals surface area (Å²) in [4.78, 5) is 5.22. The quantitative estimate of drug-likeness (QED) is 0.406. The van der Waals surface area contributed by atoms with E-state index in [0.717, 1.165) is 4.88 Å². The summed E-state index contributed by atoms with van der Waals surface area (Å²) in [6.45, 7) is 3.10. The SMILES string of the molecule is CCNC(=NCc1cccc(S(N)(=O)=O)c1)NCC(O)c1ccc(Cl)s1. The van der Waals surface area contributed by atoms with E-state index in [1.165, 1.54) is 23.5 Å². The summed E-state index contributed by atoms with van der Waals surface area (Å²) in [6.07, 6.45) is -0.706. The minimum absolute atomic E-state index is 0.0492. The molecule has 142 valence electrons. The van der Waals surface area contributed by atoms with Gasteiger partial charge in [0.1, 0.15) is 6.10 Å². The zero-order valence-corrected chi connectivity index (χ0v) is 16.5. The number of primary sulfonamides is 1. The van der Waals surface area contributed by atoms with E-state index < -0.39 is 16.1 Å². The maximum absolute atomic E-state index is 11.4. The molecule has 1 heterocycles. The van der Waals surface area contributed by atoms with Crippen molar-refractivity contribution < 1.29 is 13.5 Å². The molecule has 0 saturated carbocycles. The summed E-state index contributed by atoms with van der Waals surface area (Å²) < 4.78 is 23.5. The molecule has 1 atom stereocenters. The second-order valence-corrected chi connectivity index (χ2v) is 8.73. The second-order valence-electron chi connectivity index (χ2n) is 5.43. The van der Waals surface area contributed by atoms with Crippen molar-refractivity contribution in [3.63, 3.8) is 0 Å². The minimum Gasteiger partial charge on any atom is -0.386 e. The lowest BCUT2D eigenvalue weighted by atomic mass is 10.2. The van der Waals surface area contributed by atoms with E-state index in [0.29, 0.717) is 22.4 Å². The van der Waals surface area contributed by atoms with E-state index in [1.54, 1.807) is 24.3 Å². The van der Waals surface area contributed by atoms with Crippen LogP contribution in [0, 0.1) is 0 Å². The molecule has 10 heteroatoms. The molecule has 1 aromatic carbocycles. The number of guanidine groups is 1. The first-order valence-corrected chi connectivity index (χ1v) is 10.6. The molecule has 0 saturated heterocycles. The third kappa shape index (κ3) is 6.26. The van der Waals surface area contributed by atoms with Gasteiger partial charge in [-0.25, -0.2) is 18.5 Å². The van der Waals surface area contributed by atoms with Crippen LogP contribution in [0.15, 0.2) is 46.3 Å². The molecule has 0 bridgehead atoms. The smallest absolute Gasteiger partial charge is 0.238 e. The maximum Gasteiger partial charge on any atom is 0.238 e. The number of nitrogens with one attached hydrogen (secondary N) is 2. The summed E-state index contributed by atoms with van der Waals surface area (Å²) in [5.74, 6) is 0.509. The Bertz CT molecular complexity index is 868. The number of nitrogens with two attached hydrogens (primary N) is 1. The van der Waals surface area contributed by atoms with E-state index in [2.05, 4.69) is 15.6 Å². The molecule has 0 aliphatic carbocycles. The van der Waals surface area contributed by atoms with Gasteiger partial charge >= 0.3 is 0 Å². The number of rotatable bonds is 7. The Morgan fingerprint density at radius 2 is 2.12 bits per heavy atom. The van der Waals surface area contributed by atoms with Crippen molar-refractivity contribution in [1.29, 1.82) is 0 Å². The van der Waals surface area contributed by atoms with Crippen molar-refractivity contribution in [3.05, 3.63) is 51.2 Å². The van der Waals surface area contributed by atoms with Crippen LogP contribution in [-0.4, -0.2) is 32.6 Å². The van der Waals surface area contributed by atoms with Crippen molar-refractivity contribution in [2.45, 2.75) is 24.5 Å². The van der Waals surface area contributed by atoms with Crippen LogP contribution >= 0.6 is 22.9 Å². The zero-order chi connectivity index (χ0) is 19.2. The number of nitrogens with zero attached hydrogens (tertiary/aromatic N) is 1. The van der Waals surface area contributed by atoms with Gasteiger partial charge in [-0.1, -0.05) is 23.7 Å². The molecular formula is C16H21ClN4O3S2. The fourth-order valence-corrected chi connectivity index (χ4v) is 3.77. The van der Waals surface area contributed by atoms with Crippen LogP contribution in [0.2, 0.25) is 4.34 Å². The van der Waals surface area contributed by atoms with Gasteiger partial charge in [-0.3, -0.25) is 0 Å². The number of hydrogen-bond donors (Lipinski definition) is 4. The van der Waals surface area contributed by atoms with Crippen LogP contribution in [-0.2, 0) is 16.6 Å². The number of thiophene rings is 1. The number of benzene rings is 1. The van der Waals surface area contributed by atoms with Gasteiger partial charge in [0.25, 0.3) is 0 Å². The fraction of sp³-hybridized carbons (Fsp3) is 0.312. The van der Waals surface area contributed by atoms with Crippen LogP contribution in [0.3, 0.4) is 0 Å². The predicted octanol–water partition coefficient (Wildman–Crippen LogP) is 1.84. The molecule has 0 spiro atoms. The molecule has 1 aromatic heterocycles. The largest absolute Gasteiger partial charge is 0.386 e. The Hall–Kier alpha value is -1.65. The molecule has 0 fully saturated rings. The first-order chi connectivity index (χ1) is 12.3. The molecule has 0 amide bonds. The minimum atomic E-state index is -3.75. The summed E-state index contributed by atoms with van der Waals surface area (Å²) in [7, 11) is -3.75. The first-order valence-electron chi connectivity index (χ1n) is 7.87. The highest BCUT2D eigenvalue weighted by molar-refractivity contribution is 7.89. The average molecular weight is 417 g/mol. The van der Waals surface area contributed by atoms with E-state index >= 15 is 0 Å². The number of halogens is 1. The average Bonchev–Trinajstić information content (AvgIpc) is 3.03. The Kier molecular flexibility index (Phi) is 7.42. The monoisotopic (exact) mass is 416 g/mol. The Balaban J connectivity index is 2.02. The molecule has 2 rings (SSSR count). The van der Waals surface area contributed by atoms with Gasteiger partial charge < -0.3 is 15.7 Å². The van der Waals surface area contributed by atoms with Crippen LogP contribution in [0.1, 0.15) is 23.5 Å². The van der Waals surface area contributed by atoms with E-state index in [1.807, 2.05) is 6.92 Å². The van der Waals surface area contributed by atoms with Gasteiger partial charge in [-0.05, 0) is 36.8 Å². The highest BCUT2D eigenvalue weighted by Gasteiger charge is 2.11. The van der Waals surface area contributed by atoms with Gasteiger partial charge in [0.2, 0.25) is 10.0 Å². The summed E-state index contributed by atoms with van der Waals surface area (Å²) in [5.41, 5.74) is 0.708. The summed E-state index contributed by atoms with van der Waals surface area (Å²) >= 11 is 7.20. The third-order valence-electron chi connectivity index (χ3n) is 3.38. The topological polar surface area (TPSA) is 117 Å². The lowest BCUT2D eigenvalue weighted by Crippen LogP contribution is -2.39. The molecule has 0 radical (unpaired) electrons. The Morgan fingerprint density at radius 3 is 2.73 bits per heavy atom. The molecule has 1 unspecified atom stereocenters. The standard InChI is InChI=1S/C16H21ClN4O3S2/c1-2-19-16(21-10-13(22)14-6-7-15(17)25-14)20-9-11-4-3-5-12(8-11)26(18,23)24/h3-8,13,22H,2,9-10H2,1H3,(H2,18,23,24)(H2,19,20,21). The van der Waals surface area contributed by atoms with Crippen LogP contribution in [0.5, 0.6) is 0 Å². The number of sulfonamides is 1. The highest BCUT2D eigenvalue weighted by Crippen LogP contribution is 2.26. The normalized spacial score (nSPS) is 13.5. The van der Waals surface area contributed by atoms with Gasteiger partial charge in [-0.15, -0.1) is 11.3 Å². The van der Waals surface area contributed by atoms with Crippen molar-refractivity contribution in [2.75, 3.05) is 13.1 Å². The predicted molar refractivity (Wildman–Crippen MR) is 105 cm³/mol. The van der Waals surface area contributed by atoms with Crippen molar-refractivity contribution in [1.82, 2.24) is 10.6 Å². The molecule has 0 aliphatic rings. The molecule has 26 heavy (non-hydrogen) atoms. The van der Waals surface area contributed by atoms with Crippen molar-refractivity contribution >= 4 is 38.9 Å². The number of aliphatic imine (C=N–C) groups is 1. The Labute approximate surface area is 162 Å². The number of aliphatic hydroxyl groups is 1.